The van der Waals surface area contributed by atoms with E-state index in [1.165, 1.54) is 45.1 Å². The molecule has 2 N–H and O–H groups in total. The van der Waals surface area contributed by atoms with Crippen LogP contribution in [0.2, 0.25) is 0 Å². The van der Waals surface area contributed by atoms with Gasteiger partial charge < -0.3 is 10.5 Å². The van der Waals surface area contributed by atoms with Crippen LogP contribution in [0.25, 0.3) is 0 Å². The number of methoxy groups -OCH3 is 1. The first-order valence-electron chi connectivity index (χ1n) is 7.63. The summed E-state index contributed by atoms with van der Waals surface area (Å²) in [5.41, 5.74) is 6.10. The van der Waals surface area contributed by atoms with Crippen LogP contribution in [0, 0.1) is 5.92 Å². The number of ether oxygens (including phenoxy) is 1. The van der Waals surface area contributed by atoms with Crippen LogP contribution in [0.3, 0.4) is 0 Å². The monoisotopic (exact) mass is 254 g/mol. The van der Waals surface area contributed by atoms with E-state index in [0.29, 0.717) is 6.54 Å². The molecule has 0 aromatic rings. The third-order valence-electron chi connectivity index (χ3n) is 5.54. The molecule has 2 aliphatic rings. The number of nitrogens with two attached hydrogens (primary N) is 1. The van der Waals surface area contributed by atoms with E-state index in [-0.39, 0.29) is 11.6 Å². The van der Waals surface area contributed by atoms with E-state index in [0.717, 1.165) is 12.0 Å². The van der Waals surface area contributed by atoms with Crippen LogP contribution in [0.1, 0.15) is 52.4 Å². The van der Waals surface area contributed by atoms with Gasteiger partial charge in [-0.25, -0.2) is 0 Å². The van der Waals surface area contributed by atoms with Gasteiger partial charge >= 0.3 is 0 Å². The largest absolute Gasteiger partial charge is 0.380 e. The Kier molecular flexibility index (Phi) is 4.68. The Hall–Kier alpha value is -0.120. The lowest BCUT2D eigenvalue weighted by Gasteiger charge is -2.46. The van der Waals surface area contributed by atoms with Gasteiger partial charge in [-0.3, -0.25) is 4.90 Å². The van der Waals surface area contributed by atoms with Gasteiger partial charge in [-0.1, -0.05) is 12.8 Å². The van der Waals surface area contributed by atoms with Crippen molar-refractivity contribution in [1.29, 1.82) is 0 Å². The summed E-state index contributed by atoms with van der Waals surface area (Å²) in [4.78, 5) is 2.68. The zero-order valence-electron chi connectivity index (χ0n) is 12.3. The van der Waals surface area contributed by atoms with Gasteiger partial charge in [-0.15, -0.1) is 0 Å². The molecule has 0 bridgehead atoms. The highest BCUT2D eigenvalue weighted by atomic mass is 16.5. The Bertz CT molecular complexity index is 265. The molecule has 18 heavy (non-hydrogen) atoms. The quantitative estimate of drug-likeness (QED) is 0.819. The average Bonchev–Trinajstić information content (AvgIpc) is 3.05. The van der Waals surface area contributed by atoms with Gasteiger partial charge in [0.2, 0.25) is 0 Å². The molecule has 0 aromatic carbocycles. The topological polar surface area (TPSA) is 38.5 Å². The minimum Gasteiger partial charge on any atom is -0.380 e. The lowest BCUT2D eigenvalue weighted by molar-refractivity contribution is -0.0462. The molecule has 0 spiro atoms. The third kappa shape index (κ3) is 2.45. The van der Waals surface area contributed by atoms with E-state index in [2.05, 4.69) is 18.7 Å². The fourth-order valence-electron chi connectivity index (χ4n) is 4.03. The summed E-state index contributed by atoms with van der Waals surface area (Å²) < 4.78 is 5.61. The lowest BCUT2D eigenvalue weighted by Crippen LogP contribution is -2.61. The summed E-state index contributed by atoms with van der Waals surface area (Å²) in [6.45, 7) is 6.33. The number of likely N-dealkylation sites (tertiary alicyclic amines) is 1. The Morgan fingerprint density at radius 1 is 1.28 bits per heavy atom. The van der Waals surface area contributed by atoms with Crippen LogP contribution in [-0.4, -0.2) is 42.8 Å². The summed E-state index contributed by atoms with van der Waals surface area (Å²) in [5.74, 6) is 0.905. The highest BCUT2D eigenvalue weighted by Gasteiger charge is 2.45. The van der Waals surface area contributed by atoms with Crippen molar-refractivity contribution in [1.82, 2.24) is 4.90 Å². The molecule has 0 aromatic heterocycles. The molecule has 3 heteroatoms. The fourth-order valence-corrected chi connectivity index (χ4v) is 4.03. The van der Waals surface area contributed by atoms with Crippen LogP contribution >= 0.6 is 0 Å². The van der Waals surface area contributed by atoms with Crippen molar-refractivity contribution < 1.29 is 4.74 Å². The molecule has 1 aliphatic heterocycles. The average molecular weight is 254 g/mol. The van der Waals surface area contributed by atoms with Gasteiger partial charge in [0.15, 0.2) is 0 Å². The molecule has 3 unspecified atom stereocenters. The summed E-state index contributed by atoms with van der Waals surface area (Å²) in [7, 11) is 1.80. The molecule has 2 fully saturated rings. The van der Waals surface area contributed by atoms with Gasteiger partial charge in [0.1, 0.15) is 0 Å². The Labute approximate surface area is 112 Å². The summed E-state index contributed by atoms with van der Waals surface area (Å²) in [6.07, 6.45) is 8.57. The number of hydrogen-bond donors (Lipinski definition) is 1. The second-order valence-electron chi connectivity index (χ2n) is 6.39. The zero-order valence-corrected chi connectivity index (χ0v) is 12.3. The van der Waals surface area contributed by atoms with Gasteiger partial charge in [-0.05, 0) is 52.0 Å². The standard InChI is InChI=1S/C15H30N2O/c1-12(18-3)15(2,11-16)17-10-6-9-14(17)13-7-4-5-8-13/h12-14H,4-11,16H2,1-3H3. The predicted octanol–water partition coefficient (Wildman–Crippen LogP) is 2.39. The van der Waals surface area contributed by atoms with Crippen molar-refractivity contribution in [3.8, 4) is 0 Å². The van der Waals surface area contributed by atoms with E-state index in [4.69, 9.17) is 10.5 Å². The first-order chi connectivity index (χ1) is 8.63. The lowest BCUT2D eigenvalue weighted by atomic mass is 9.88. The SMILES string of the molecule is COC(C)C(C)(CN)N1CCCC1C1CCCC1. The smallest absolute Gasteiger partial charge is 0.0736 e. The molecule has 106 valence electrons. The second kappa shape index (κ2) is 5.89. The van der Waals surface area contributed by atoms with E-state index in [9.17, 15) is 0 Å². The summed E-state index contributed by atoms with van der Waals surface area (Å²) >= 11 is 0. The van der Waals surface area contributed by atoms with Gasteiger partial charge in [0, 0.05) is 19.7 Å². The van der Waals surface area contributed by atoms with Crippen molar-refractivity contribution in [2.45, 2.75) is 70.1 Å². The maximum absolute atomic E-state index is 6.10. The minimum atomic E-state index is -0.00148. The van der Waals surface area contributed by atoms with E-state index in [1.807, 2.05) is 0 Å². The fraction of sp³-hybridized carbons (Fsp3) is 1.00. The minimum absolute atomic E-state index is 0.00148. The highest BCUT2D eigenvalue weighted by Crippen LogP contribution is 2.39. The third-order valence-corrected chi connectivity index (χ3v) is 5.54. The van der Waals surface area contributed by atoms with E-state index >= 15 is 0 Å². The van der Waals surface area contributed by atoms with Crippen molar-refractivity contribution in [2.24, 2.45) is 11.7 Å². The first kappa shape index (κ1) is 14.3. The van der Waals surface area contributed by atoms with Gasteiger partial charge in [-0.2, -0.15) is 0 Å². The van der Waals surface area contributed by atoms with E-state index in [1.54, 1.807) is 7.11 Å². The number of rotatable bonds is 5. The second-order valence-corrected chi connectivity index (χ2v) is 6.39. The Balaban J connectivity index is 2.13. The molecule has 3 atom stereocenters. The molecular formula is C15H30N2O. The van der Waals surface area contributed by atoms with Crippen molar-refractivity contribution in [2.75, 3.05) is 20.2 Å². The molecule has 1 saturated heterocycles. The maximum atomic E-state index is 6.10. The Morgan fingerprint density at radius 3 is 2.50 bits per heavy atom. The molecule has 0 amide bonds. The molecule has 1 aliphatic carbocycles. The van der Waals surface area contributed by atoms with Crippen LogP contribution in [0.5, 0.6) is 0 Å². The number of nitrogens with zero attached hydrogens (tertiary/aromatic N) is 1. The molecule has 1 saturated carbocycles. The summed E-state index contributed by atoms with van der Waals surface area (Å²) in [5, 5.41) is 0. The van der Waals surface area contributed by atoms with Crippen LogP contribution in [-0.2, 0) is 4.74 Å². The van der Waals surface area contributed by atoms with Gasteiger partial charge in [0.05, 0.1) is 11.6 Å². The van der Waals surface area contributed by atoms with E-state index < -0.39 is 0 Å². The zero-order chi connectivity index (χ0) is 13.2. The highest BCUT2D eigenvalue weighted by molar-refractivity contribution is 5.00. The summed E-state index contributed by atoms with van der Waals surface area (Å²) in [6, 6.07) is 0.749. The van der Waals surface area contributed by atoms with Crippen molar-refractivity contribution >= 4 is 0 Å². The molecule has 1 heterocycles. The van der Waals surface area contributed by atoms with Crippen molar-refractivity contribution in [3.63, 3.8) is 0 Å². The molecule has 3 nitrogen and oxygen atoms in total. The van der Waals surface area contributed by atoms with Crippen LogP contribution in [0.4, 0.5) is 0 Å². The molecule has 0 radical (unpaired) electrons. The first-order valence-corrected chi connectivity index (χ1v) is 7.63. The molecule has 2 rings (SSSR count). The maximum Gasteiger partial charge on any atom is 0.0736 e. The molecular weight excluding hydrogens is 224 g/mol. The number of hydrogen-bond acceptors (Lipinski definition) is 3. The normalized spacial score (nSPS) is 31.7. The predicted molar refractivity (Wildman–Crippen MR) is 75.6 cm³/mol. The van der Waals surface area contributed by atoms with Crippen molar-refractivity contribution in [3.05, 3.63) is 0 Å². The Morgan fingerprint density at radius 2 is 1.94 bits per heavy atom. The van der Waals surface area contributed by atoms with Gasteiger partial charge in [0.25, 0.3) is 0 Å². The van der Waals surface area contributed by atoms with Crippen LogP contribution in [0.15, 0.2) is 0 Å². The van der Waals surface area contributed by atoms with Crippen LogP contribution < -0.4 is 5.73 Å².